The second-order valence-corrected chi connectivity index (χ2v) is 10.5. The zero-order valence-electron chi connectivity index (χ0n) is 21.4. The number of hydrogen-bond acceptors (Lipinski definition) is 7. The predicted molar refractivity (Wildman–Crippen MR) is 148 cm³/mol. The number of carbonyl (C=O) groups excluding carboxylic acids is 2. The fraction of sp³-hybridized carbons (Fsp3) is 0.250. The quantitative estimate of drug-likeness (QED) is 0.265. The van der Waals surface area contributed by atoms with Gasteiger partial charge in [0.15, 0.2) is 12.2 Å². The number of aromatic nitrogens is 4. The molecule has 5 aromatic rings. The molecule has 0 saturated heterocycles. The number of carbonyl (C=O) groups is 2. The minimum Gasteiger partial charge on any atom is -0.443 e. The van der Waals surface area contributed by atoms with E-state index in [4.69, 9.17) is 9.40 Å². The molecule has 38 heavy (non-hydrogen) atoms. The van der Waals surface area contributed by atoms with Gasteiger partial charge < -0.3 is 13.9 Å². The van der Waals surface area contributed by atoms with E-state index in [9.17, 15) is 9.59 Å². The summed E-state index contributed by atoms with van der Waals surface area (Å²) < 4.78 is 7.34. The lowest BCUT2D eigenvalue weighted by molar-refractivity contribution is -0.119. The number of anilines is 2. The molecule has 4 aromatic heterocycles. The maximum Gasteiger partial charge on any atom is 0.268 e. The molecule has 0 saturated carbocycles. The summed E-state index contributed by atoms with van der Waals surface area (Å²) in [6, 6.07) is 13.3. The number of benzene rings is 1. The number of amides is 2. The first kappa shape index (κ1) is 25.3. The summed E-state index contributed by atoms with van der Waals surface area (Å²) in [5, 5.41) is 2.99. The largest absolute Gasteiger partial charge is 0.443 e. The number of oxazole rings is 1. The Bertz CT molecular complexity index is 1560. The highest BCUT2D eigenvalue weighted by molar-refractivity contribution is 7.17. The van der Waals surface area contributed by atoms with Gasteiger partial charge in [0, 0.05) is 38.1 Å². The molecule has 0 unspecified atom stereocenters. The smallest absolute Gasteiger partial charge is 0.268 e. The summed E-state index contributed by atoms with van der Waals surface area (Å²) in [6.45, 7) is 4.64. The fourth-order valence-corrected chi connectivity index (χ4v) is 5.01. The highest BCUT2D eigenvalue weighted by atomic mass is 32.1. The Balaban J connectivity index is 1.45. The Morgan fingerprint density at radius 2 is 2.00 bits per heavy atom. The van der Waals surface area contributed by atoms with Gasteiger partial charge in [-0.05, 0) is 54.3 Å². The monoisotopic (exact) mass is 528 g/mol. The maximum atomic E-state index is 13.2. The summed E-state index contributed by atoms with van der Waals surface area (Å²) in [4.78, 5) is 41.8. The lowest BCUT2D eigenvalue weighted by Crippen LogP contribution is -2.27. The number of imidazole rings is 1. The Hall–Kier alpha value is -4.31. The molecule has 1 N–H and O–H groups in total. The first-order chi connectivity index (χ1) is 18.4. The molecule has 0 aliphatic heterocycles. The van der Waals surface area contributed by atoms with E-state index in [-0.39, 0.29) is 17.7 Å². The van der Waals surface area contributed by atoms with Crippen LogP contribution in [0.3, 0.4) is 0 Å². The summed E-state index contributed by atoms with van der Waals surface area (Å²) in [6.07, 6.45) is 7.74. The molecule has 194 valence electrons. The summed E-state index contributed by atoms with van der Waals surface area (Å²) in [5.41, 5.74) is 3.40. The average molecular weight is 529 g/mol. The summed E-state index contributed by atoms with van der Waals surface area (Å²) in [7, 11) is 1.77. The van der Waals surface area contributed by atoms with Crippen LogP contribution in [0.2, 0.25) is 0 Å². The van der Waals surface area contributed by atoms with Crippen molar-refractivity contribution >= 4 is 45.8 Å². The number of thiophene rings is 1. The Morgan fingerprint density at radius 3 is 2.74 bits per heavy atom. The highest BCUT2D eigenvalue weighted by Crippen LogP contribution is 2.30. The number of rotatable bonds is 9. The molecule has 4 heterocycles. The van der Waals surface area contributed by atoms with Crippen molar-refractivity contribution in [2.75, 3.05) is 17.3 Å². The van der Waals surface area contributed by atoms with E-state index in [0.717, 1.165) is 21.6 Å². The Kier molecular flexibility index (Phi) is 7.32. The van der Waals surface area contributed by atoms with Gasteiger partial charge in [-0.25, -0.2) is 9.97 Å². The number of pyridine rings is 1. The molecule has 0 aliphatic rings. The molecule has 0 fully saturated rings. The van der Waals surface area contributed by atoms with Crippen LogP contribution in [0.5, 0.6) is 0 Å². The number of fused-ring (bicyclic) bond motifs is 1. The molecule has 0 aliphatic carbocycles. The van der Waals surface area contributed by atoms with Gasteiger partial charge in [0.1, 0.15) is 0 Å². The fourth-order valence-electron chi connectivity index (χ4n) is 4.16. The van der Waals surface area contributed by atoms with Crippen molar-refractivity contribution < 1.29 is 14.0 Å². The van der Waals surface area contributed by atoms with Gasteiger partial charge in [0.25, 0.3) is 5.91 Å². The van der Waals surface area contributed by atoms with Gasteiger partial charge in [-0.1, -0.05) is 19.9 Å². The SMILES string of the molecule is CC(C)CC(=O)N(C)c1ccc2c(c1)nc(NC(=O)c1ccc(-c3cnco3)s1)n2CCc1cccnc1. The van der Waals surface area contributed by atoms with Crippen LogP contribution < -0.4 is 10.2 Å². The third-order valence-electron chi connectivity index (χ3n) is 6.15. The summed E-state index contributed by atoms with van der Waals surface area (Å²) in [5.74, 6) is 1.11. The van der Waals surface area contributed by atoms with E-state index in [1.165, 1.54) is 17.7 Å². The van der Waals surface area contributed by atoms with Gasteiger partial charge in [0.05, 0.1) is 27.0 Å². The van der Waals surface area contributed by atoms with Crippen LogP contribution >= 0.6 is 11.3 Å². The molecule has 0 atom stereocenters. The second-order valence-electron chi connectivity index (χ2n) is 9.41. The van der Waals surface area contributed by atoms with E-state index < -0.39 is 0 Å². The van der Waals surface area contributed by atoms with Crippen molar-refractivity contribution in [3.8, 4) is 10.6 Å². The Morgan fingerprint density at radius 1 is 1.13 bits per heavy atom. The minimum atomic E-state index is -0.261. The van der Waals surface area contributed by atoms with E-state index in [0.29, 0.717) is 41.5 Å². The normalized spacial score (nSPS) is 11.3. The molecule has 2 amide bonds. The highest BCUT2D eigenvalue weighted by Gasteiger charge is 2.19. The third kappa shape index (κ3) is 5.50. The van der Waals surface area contributed by atoms with Crippen molar-refractivity contribution in [1.29, 1.82) is 0 Å². The second kappa shape index (κ2) is 11.0. The number of nitrogens with one attached hydrogen (secondary N) is 1. The molecule has 0 radical (unpaired) electrons. The van der Waals surface area contributed by atoms with Crippen molar-refractivity contribution in [2.45, 2.75) is 33.2 Å². The molecule has 0 spiro atoms. The molecular formula is C28H28N6O3S. The van der Waals surface area contributed by atoms with Gasteiger partial charge in [0.2, 0.25) is 11.9 Å². The number of aryl methyl sites for hydroxylation is 2. The number of hydrogen-bond donors (Lipinski definition) is 1. The molecule has 9 nitrogen and oxygen atoms in total. The van der Waals surface area contributed by atoms with Crippen LogP contribution in [0.25, 0.3) is 21.7 Å². The van der Waals surface area contributed by atoms with Crippen LogP contribution in [0, 0.1) is 5.92 Å². The van der Waals surface area contributed by atoms with Crippen molar-refractivity contribution in [3.63, 3.8) is 0 Å². The lowest BCUT2D eigenvalue weighted by atomic mass is 10.1. The van der Waals surface area contributed by atoms with Crippen LogP contribution in [-0.2, 0) is 17.8 Å². The number of nitrogens with zero attached hydrogens (tertiary/aromatic N) is 5. The van der Waals surface area contributed by atoms with Crippen molar-refractivity contribution in [2.24, 2.45) is 5.92 Å². The van der Waals surface area contributed by atoms with E-state index in [1.54, 1.807) is 30.4 Å². The average Bonchev–Trinajstić information content (AvgIpc) is 3.67. The topological polar surface area (TPSA) is 106 Å². The molecule has 0 bridgehead atoms. The predicted octanol–water partition coefficient (Wildman–Crippen LogP) is 5.65. The molecular weight excluding hydrogens is 500 g/mol. The third-order valence-corrected chi connectivity index (χ3v) is 7.25. The van der Waals surface area contributed by atoms with E-state index >= 15 is 0 Å². The van der Waals surface area contributed by atoms with Gasteiger partial charge in [-0.15, -0.1) is 11.3 Å². The maximum absolute atomic E-state index is 13.2. The van der Waals surface area contributed by atoms with E-state index in [2.05, 4.69) is 15.3 Å². The van der Waals surface area contributed by atoms with Crippen LogP contribution in [0.15, 0.2) is 71.9 Å². The van der Waals surface area contributed by atoms with Gasteiger partial charge in [-0.3, -0.25) is 19.9 Å². The van der Waals surface area contributed by atoms with Gasteiger partial charge in [-0.2, -0.15) is 0 Å². The first-order valence-corrected chi connectivity index (χ1v) is 13.2. The molecule has 5 rings (SSSR count). The summed E-state index contributed by atoms with van der Waals surface area (Å²) >= 11 is 1.32. The van der Waals surface area contributed by atoms with Crippen molar-refractivity contribution in [1.82, 2.24) is 19.5 Å². The first-order valence-electron chi connectivity index (χ1n) is 12.3. The molecule has 10 heteroatoms. The standard InChI is InChI=1S/C28H28N6O3S/c1-18(2)13-26(35)33(3)20-6-7-22-21(14-20)31-28(34(22)12-10-19-5-4-11-29-15-19)32-27(36)25-9-8-24(38-25)23-16-30-17-37-23/h4-9,11,14-18H,10,12-13H2,1-3H3,(H,31,32,36). The molecule has 1 aromatic carbocycles. The van der Waals surface area contributed by atoms with Crippen LogP contribution in [-0.4, -0.2) is 38.4 Å². The van der Waals surface area contributed by atoms with E-state index in [1.807, 2.05) is 61.0 Å². The van der Waals surface area contributed by atoms with Crippen LogP contribution in [0.4, 0.5) is 11.6 Å². The van der Waals surface area contributed by atoms with Crippen molar-refractivity contribution in [3.05, 3.63) is 77.9 Å². The van der Waals surface area contributed by atoms with Gasteiger partial charge >= 0.3 is 0 Å². The van der Waals surface area contributed by atoms with Crippen LogP contribution in [0.1, 0.15) is 35.5 Å². The zero-order valence-corrected chi connectivity index (χ0v) is 22.2. The lowest BCUT2D eigenvalue weighted by Gasteiger charge is -2.18. The minimum absolute atomic E-state index is 0.0455. The zero-order chi connectivity index (χ0) is 26.6. The Labute approximate surface area is 224 Å².